The number of hydrogen-bond acceptors (Lipinski definition) is 0. The van der Waals surface area contributed by atoms with Gasteiger partial charge in [-0.15, -0.1) is 0 Å². The number of hydrogen-bond donors (Lipinski definition) is 0. The quantitative estimate of drug-likeness (QED) is 0.403. The molecule has 0 amide bonds. The molecule has 70 valence electrons. The Morgan fingerprint density at radius 1 is 1.00 bits per heavy atom. The zero-order chi connectivity index (χ0) is 9.23. The van der Waals surface area contributed by atoms with Gasteiger partial charge in [0.1, 0.15) is 0 Å². The van der Waals surface area contributed by atoms with Crippen molar-refractivity contribution in [2.24, 2.45) is 0 Å². The van der Waals surface area contributed by atoms with Gasteiger partial charge in [0, 0.05) is 0 Å². The molecule has 0 aromatic heterocycles. The summed E-state index contributed by atoms with van der Waals surface area (Å²) in [5.41, 5.74) is 1.45. The van der Waals surface area contributed by atoms with Gasteiger partial charge in [-0.1, -0.05) is 30.2 Å². The maximum atomic E-state index is 2.33. The highest BCUT2D eigenvalue weighted by Gasteiger charge is 1.85. The Kier molecular flexibility index (Phi) is 8.20. The SMILES string of the molecule is CC=CCCCCCC=C(C)C. The third kappa shape index (κ3) is 9.48. The summed E-state index contributed by atoms with van der Waals surface area (Å²) in [6.07, 6.45) is 13.3. The van der Waals surface area contributed by atoms with Gasteiger partial charge in [-0.2, -0.15) is 0 Å². The van der Waals surface area contributed by atoms with Crippen LogP contribution in [0.25, 0.3) is 0 Å². The average molecular weight is 166 g/mol. The second kappa shape index (κ2) is 8.58. The Hall–Kier alpha value is -0.520. The molecule has 0 aromatic carbocycles. The first-order valence-electron chi connectivity index (χ1n) is 5.02. The maximum absolute atomic E-state index is 2.33. The molecule has 0 saturated carbocycles. The lowest BCUT2D eigenvalue weighted by Crippen LogP contribution is -1.75. The molecule has 0 spiro atoms. The Bertz CT molecular complexity index is 136. The first-order valence-corrected chi connectivity index (χ1v) is 5.02. The van der Waals surface area contributed by atoms with Gasteiger partial charge < -0.3 is 0 Å². The van der Waals surface area contributed by atoms with Crippen LogP contribution >= 0.6 is 0 Å². The van der Waals surface area contributed by atoms with Gasteiger partial charge in [-0.3, -0.25) is 0 Å². The lowest BCUT2D eigenvalue weighted by molar-refractivity contribution is 0.694. The average Bonchev–Trinajstić information content (AvgIpc) is 2.02. The fourth-order valence-electron chi connectivity index (χ4n) is 1.14. The highest BCUT2D eigenvalue weighted by atomic mass is 13.9. The van der Waals surface area contributed by atoms with Gasteiger partial charge in [-0.05, 0) is 46.5 Å². The summed E-state index contributed by atoms with van der Waals surface area (Å²) in [4.78, 5) is 0. The van der Waals surface area contributed by atoms with E-state index < -0.39 is 0 Å². The Labute approximate surface area is 77.4 Å². The molecule has 0 N–H and O–H groups in total. The lowest BCUT2D eigenvalue weighted by Gasteiger charge is -1.95. The van der Waals surface area contributed by atoms with Crippen LogP contribution in [0.5, 0.6) is 0 Å². The molecule has 0 aliphatic carbocycles. The summed E-state index contributed by atoms with van der Waals surface area (Å²) in [5, 5.41) is 0. The van der Waals surface area contributed by atoms with Crippen LogP contribution in [0, 0.1) is 0 Å². The predicted octanol–water partition coefficient (Wildman–Crippen LogP) is 4.48. The van der Waals surface area contributed by atoms with E-state index in [0.717, 1.165) is 0 Å². The fourth-order valence-corrected chi connectivity index (χ4v) is 1.14. The lowest BCUT2D eigenvalue weighted by atomic mass is 10.1. The smallest absolute Gasteiger partial charge is 0.0348 e. The van der Waals surface area contributed by atoms with Crippen LogP contribution < -0.4 is 0 Å². The van der Waals surface area contributed by atoms with Crippen LogP contribution in [0.15, 0.2) is 23.8 Å². The van der Waals surface area contributed by atoms with Gasteiger partial charge in [0.05, 0.1) is 0 Å². The van der Waals surface area contributed by atoms with Crippen molar-refractivity contribution in [3.8, 4) is 0 Å². The van der Waals surface area contributed by atoms with Crippen LogP contribution in [-0.4, -0.2) is 0 Å². The van der Waals surface area contributed by atoms with Crippen LogP contribution in [0.1, 0.15) is 52.9 Å². The molecule has 0 radical (unpaired) electrons. The largest absolute Gasteiger partial charge is 0.0917 e. The van der Waals surface area contributed by atoms with Crippen molar-refractivity contribution >= 4 is 0 Å². The molecule has 0 aliphatic heterocycles. The molecule has 12 heavy (non-hydrogen) atoms. The molecule has 0 heteroatoms. The van der Waals surface area contributed by atoms with E-state index in [1.807, 2.05) is 0 Å². The minimum absolute atomic E-state index is 1.26. The zero-order valence-electron chi connectivity index (χ0n) is 8.77. The Morgan fingerprint density at radius 3 is 2.25 bits per heavy atom. The van der Waals surface area contributed by atoms with E-state index in [0.29, 0.717) is 0 Å². The normalized spacial score (nSPS) is 10.6. The van der Waals surface area contributed by atoms with Crippen molar-refractivity contribution < 1.29 is 0 Å². The molecule has 0 nitrogen and oxygen atoms in total. The van der Waals surface area contributed by atoms with Gasteiger partial charge in [-0.25, -0.2) is 0 Å². The van der Waals surface area contributed by atoms with Crippen LogP contribution in [0.3, 0.4) is 0 Å². The van der Waals surface area contributed by atoms with E-state index in [2.05, 4.69) is 39.0 Å². The van der Waals surface area contributed by atoms with Gasteiger partial charge in [0.25, 0.3) is 0 Å². The molecule has 0 atom stereocenters. The van der Waals surface area contributed by atoms with Crippen molar-refractivity contribution in [1.82, 2.24) is 0 Å². The summed E-state index contributed by atoms with van der Waals surface area (Å²) in [7, 11) is 0. The zero-order valence-corrected chi connectivity index (χ0v) is 8.77. The monoisotopic (exact) mass is 166 g/mol. The summed E-state index contributed by atoms with van der Waals surface area (Å²) < 4.78 is 0. The van der Waals surface area contributed by atoms with Crippen LogP contribution in [-0.2, 0) is 0 Å². The van der Waals surface area contributed by atoms with Crippen molar-refractivity contribution in [2.45, 2.75) is 52.9 Å². The maximum Gasteiger partial charge on any atom is -0.0348 e. The molecule has 0 saturated heterocycles. The summed E-state index contributed by atoms with van der Waals surface area (Å²) >= 11 is 0. The van der Waals surface area contributed by atoms with Gasteiger partial charge in [0.2, 0.25) is 0 Å². The van der Waals surface area contributed by atoms with Gasteiger partial charge in [0.15, 0.2) is 0 Å². The molecule has 0 aliphatic rings. The third-order valence-electron chi connectivity index (χ3n) is 1.86. The van der Waals surface area contributed by atoms with E-state index in [9.17, 15) is 0 Å². The highest BCUT2D eigenvalue weighted by Crippen LogP contribution is 2.05. The highest BCUT2D eigenvalue weighted by molar-refractivity contribution is 4.92. The molecular weight excluding hydrogens is 144 g/mol. The second-order valence-corrected chi connectivity index (χ2v) is 3.49. The summed E-state index contributed by atoms with van der Waals surface area (Å²) in [6.45, 7) is 6.42. The molecular formula is C12H22. The van der Waals surface area contributed by atoms with E-state index in [4.69, 9.17) is 0 Å². The Morgan fingerprint density at radius 2 is 1.67 bits per heavy atom. The molecule has 0 fully saturated rings. The predicted molar refractivity (Wildman–Crippen MR) is 57.3 cm³/mol. The Balaban J connectivity index is 3.06. The van der Waals surface area contributed by atoms with E-state index in [-0.39, 0.29) is 0 Å². The molecule has 0 heterocycles. The number of allylic oxidation sites excluding steroid dienone is 4. The molecule has 0 aromatic rings. The van der Waals surface area contributed by atoms with Crippen molar-refractivity contribution in [3.05, 3.63) is 23.8 Å². The number of unbranched alkanes of at least 4 members (excludes halogenated alkanes) is 4. The van der Waals surface area contributed by atoms with E-state index in [1.54, 1.807) is 0 Å². The summed E-state index contributed by atoms with van der Waals surface area (Å²) in [6, 6.07) is 0. The second-order valence-electron chi connectivity index (χ2n) is 3.49. The van der Waals surface area contributed by atoms with Crippen molar-refractivity contribution in [1.29, 1.82) is 0 Å². The first kappa shape index (κ1) is 11.5. The fraction of sp³-hybridized carbons (Fsp3) is 0.667. The topological polar surface area (TPSA) is 0 Å². The number of rotatable bonds is 6. The van der Waals surface area contributed by atoms with Crippen LogP contribution in [0.2, 0.25) is 0 Å². The first-order chi connectivity index (χ1) is 5.77. The standard InChI is InChI=1S/C12H22/c1-4-5-6-7-8-9-10-11-12(2)3/h4-5,11H,6-10H2,1-3H3. The van der Waals surface area contributed by atoms with Crippen molar-refractivity contribution in [3.63, 3.8) is 0 Å². The third-order valence-corrected chi connectivity index (χ3v) is 1.86. The van der Waals surface area contributed by atoms with Gasteiger partial charge >= 0.3 is 0 Å². The minimum Gasteiger partial charge on any atom is -0.0917 e. The molecule has 0 bridgehead atoms. The van der Waals surface area contributed by atoms with E-state index in [1.165, 1.54) is 37.7 Å². The molecule has 0 rings (SSSR count). The van der Waals surface area contributed by atoms with E-state index >= 15 is 0 Å². The molecule has 0 unspecified atom stereocenters. The van der Waals surface area contributed by atoms with Crippen molar-refractivity contribution in [2.75, 3.05) is 0 Å². The van der Waals surface area contributed by atoms with Crippen LogP contribution in [0.4, 0.5) is 0 Å². The minimum atomic E-state index is 1.26. The summed E-state index contributed by atoms with van der Waals surface area (Å²) in [5.74, 6) is 0.